The van der Waals surface area contributed by atoms with E-state index in [4.69, 9.17) is 24.5 Å². The zero-order chi connectivity index (χ0) is 18.0. The van der Waals surface area contributed by atoms with Crippen molar-refractivity contribution in [3.63, 3.8) is 0 Å². The fourth-order valence-electron chi connectivity index (χ4n) is 1.57. The smallest absolute Gasteiger partial charge is 0.414 e. The lowest BCUT2D eigenvalue weighted by Crippen LogP contribution is -2.27. The summed E-state index contributed by atoms with van der Waals surface area (Å²) in [4.78, 5) is 44.1. The van der Waals surface area contributed by atoms with E-state index in [0.29, 0.717) is 19.6 Å². The molecule has 1 unspecified atom stereocenters. The van der Waals surface area contributed by atoms with Crippen molar-refractivity contribution in [3.05, 3.63) is 0 Å². The van der Waals surface area contributed by atoms with E-state index in [9.17, 15) is 9.59 Å². The Morgan fingerprint density at radius 2 is 1.83 bits per heavy atom. The molecule has 0 radical (unpaired) electrons. The molecule has 1 atom stereocenters. The van der Waals surface area contributed by atoms with Gasteiger partial charge in [-0.3, -0.25) is 14.5 Å². The number of nitrogens with zero attached hydrogens (tertiary/aromatic N) is 2. The summed E-state index contributed by atoms with van der Waals surface area (Å²) in [6, 6.07) is 0. The van der Waals surface area contributed by atoms with Crippen LogP contribution in [0.2, 0.25) is 0 Å². The normalized spacial score (nSPS) is 16.1. The van der Waals surface area contributed by atoms with E-state index in [-0.39, 0.29) is 24.4 Å². The van der Waals surface area contributed by atoms with Crippen LogP contribution in [0.1, 0.15) is 13.3 Å². The topological polar surface area (TPSA) is 124 Å². The van der Waals surface area contributed by atoms with Crippen molar-refractivity contribution in [1.29, 1.82) is 0 Å². The van der Waals surface area contributed by atoms with Gasteiger partial charge < -0.3 is 19.8 Å². The number of hydrogen-bond acceptors (Lipinski definition) is 6. The standard InChI is InChI=1S/C12H18N2O3.C2H2O4/c1-10(15)17-11-8-12(16)14(9-11)7-5-4-6-13(2)3;3-1(4)2(5)6/h11H,6-9H2,1-3H3;(H,3,4)(H,5,6). The van der Waals surface area contributed by atoms with Crippen LogP contribution < -0.4 is 0 Å². The van der Waals surface area contributed by atoms with Crippen LogP contribution in [0.25, 0.3) is 0 Å². The number of carbonyl (C=O) groups excluding carboxylic acids is 2. The number of likely N-dealkylation sites (tertiary alicyclic amines) is 1. The largest absolute Gasteiger partial charge is 0.473 e. The number of carboxylic acid groups (broad SMARTS) is 2. The highest BCUT2D eigenvalue weighted by molar-refractivity contribution is 6.27. The highest BCUT2D eigenvalue weighted by Gasteiger charge is 2.30. The van der Waals surface area contributed by atoms with Gasteiger partial charge in [0, 0.05) is 6.92 Å². The van der Waals surface area contributed by atoms with Gasteiger partial charge in [-0.15, -0.1) is 0 Å². The first kappa shape index (κ1) is 20.4. The maximum absolute atomic E-state index is 11.6. The first-order valence-electron chi connectivity index (χ1n) is 6.65. The minimum Gasteiger partial charge on any atom is -0.473 e. The van der Waals surface area contributed by atoms with Crippen LogP contribution in [0, 0.1) is 11.8 Å². The van der Waals surface area contributed by atoms with E-state index in [1.54, 1.807) is 4.90 Å². The van der Waals surface area contributed by atoms with E-state index < -0.39 is 11.9 Å². The molecule has 1 saturated heterocycles. The second kappa shape index (κ2) is 10.2. The van der Waals surface area contributed by atoms with Gasteiger partial charge in [-0.25, -0.2) is 9.59 Å². The molecular weight excluding hydrogens is 308 g/mol. The van der Waals surface area contributed by atoms with Crippen LogP contribution in [0.3, 0.4) is 0 Å². The van der Waals surface area contributed by atoms with Crippen molar-refractivity contribution in [2.75, 3.05) is 33.7 Å². The Morgan fingerprint density at radius 1 is 1.26 bits per heavy atom. The first-order chi connectivity index (χ1) is 10.6. The van der Waals surface area contributed by atoms with Gasteiger partial charge in [-0.05, 0) is 14.1 Å². The number of hydrogen-bond donors (Lipinski definition) is 2. The van der Waals surface area contributed by atoms with Gasteiger partial charge in [0.15, 0.2) is 0 Å². The number of carbonyl (C=O) groups is 4. The minimum absolute atomic E-state index is 0.00426. The molecule has 9 heteroatoms. The molecule has 2 N–H and O–H groups in total. The molecule has 23 heavy (non-hydrogen) atoms. The molecule has 0 spiro atoms. The van der Waals surface area contributed by atoms with Crippen molar-refractivity contribution in [1.82, 2.24) is 9.80 Å². The quantitative estimate of drug-likeness (QED) is 0.379. The van der Waals surface area contributed by atoms with Crippen LogP contribution in [-0.4, -0.2) is 83.7 Å². The lowest BCUT2D eigenvalue weighted by atomic mass is 10.3. The fraction of sp³-hybridized carbons (Fsp3) is 0.571. The number of aliphatic carboxylic acids is 2. The number of amides is 1. The predicted octanol–water partition coefficient (Wildman–Crippen LogP) is -1.13. The molecule has 1 heterocycles. The van der Waals surface area contributed by atoms with Crippen molar-refractivity contribution in [2.45, 2.75) is 19.4 Å². The lowest BCUT2D eigenvalue weighted by molar-refractivity contribution is -0.159. The summed E-state index contributed by atoms with van der Waals surface area (Å²) in [6.45, 7) is 2.89. The Morgan fingerprint density at radius 3 is 2.26 bits per heavy atom. The van der Waals surface area contributed by atoms with E-state index in [0.717, 1.165) is 0 Å². The molecular formula is C14H20N2O7. The Balaban J connectivity index is 0.000000688. The molecule has 0 aromatic rings. The zero-order valence-electron chi connectivity index (χ0n) is 13.2. The average molecular weight is 328 g/mol. The summed E-state index contributed by atoms with van der Waals surface area (Å²) in [7, 11) is 3.87. The van der Waals surface area contributed by atoms with Gasteiger partial charge in [0.2, 0.25) is 5.91 Å². The van der Waals surface area contributed by atoms with Gasteiger partial charge in [0.05, 0.1) is 26.1 Å². The van der Waals surface area contributed by atoms with Crippen LogP contribution >= 0.6 is 0 Å². The van der Waals surface area contributed by atoms with Crippen LogP contribution in [-0.2, 0) is 23.9 Å². The van der Waals surface area contributed by atoms with Gasteiger partial charge in [-0.1, -0.05) is 11.8 Å². The van der Waals surface area contributed by atoms with Gasteiger partial charge in [-0.2, -0.15) is 0 Å². The molecule has 0 aromatic carbocycles. The van der Waals surface area contributed by atoms with Gasteiger partial charge in [0.1, 0.15) is 6.10 Å². The highest BCUT2D eigenvalue weighted by atomic mass is 16.5. The van der Waals surface area contributed by atoms with Crippen molar-refractivity contribution in [3.8, 4) is 11.8 Å². The summed E-state index contributed by atoms with van der Waals surface area (Å²) < 4.78 is 5.00. The van der Waals surface area contributed by atoms with Crippen LogP contribution in [0.5, 0.6) is 0 Å². The van der Waals surface area contributed by atoms with Crippen molar-refractivity contribution >= 4 is 23.8 Å². The third-order valence-electron chi connectivity index (χ3n) is 2.48. The average Bonchev–Trinajstić information content (AvgIpc) is 2.74. The molecule has 1 rings (SSSR count). The Bertz CT molecular complexity index is 507. The monoisotopic (exact) mass is 328 g/mol. The summed E-state index contributed by atoms with van der Waals surface area (Å²) in [5, 5.41) is 14.8. The Labute approximate surface area is 133 Å². The second-order valence-corrected chi connectivity index (χ2v) is 4.91. The summed E-state index contributed by atoms with van der Waals surface area (Å²) >= 11 is 0. The van der Waals surface area contributed by atoms with Gasteiger partial charge >= 0.3 is 17.9 Å². The molecule has 0 saturated carbocycles. The molecule has 0 aliphatic carbocycles. The van der Waals surface area contributed by atoms with E-state index >= 15 is 0 Å². The molecule has 9 nitrogen and oxygen atoms in total. The second-order valence-electron chi connectivity index (χ2n) is 4.91. The minimum atomic E-state index is -1.82. The zero-order valence-corrected chi connectivity index (χ0v) is 13.2. The van der Waals surface area contributed by atoms with Crippen molar-refractivity contribution in [2.24, 2.45) is 0 Å². The Kier molecular flexibility index (Phi) is 9.03. The van der Waals surface area contributed by atoms with Crippen molar-refractivity contribution < 1.29 is 34.1 Å². The number of carboxylic acids is 2. The molecule has 1 aliphatic heterocycles. The number of rotatable bonds is 3. The van der Waals surface area contributed by atoms with Crippen LogP contribution in [0.4, 0.5) is 0 Å². The van der Waals surface area contributed by atoms with E-state index in [2.05, 4.69) is 11.8 Å². The third-order valence-corrected chi connectivity index (χ3v) is 2.48. The van der Waals surface area contributed by atoms with Gasteiger partial charge in [0.25, 0.3) is 0 Å². The predicted molar refractivity (Wildman–Crippen MR) is 78.4 cm³/mol. The first-order valence-corrected chi connectivity index (χ1v) is 6.65. The maximum Gasteiger partial charge on any atom is 0.414 e. The molecule has 128 valence electrons. The molecule has 1 amide bonds. The molecule has 1 fully saturated rings. The SMILES string of the molecule is CC(=O)OC1CC(=O)N(CC#CCN(C)C)C1.O=C(O)C(=O)O. The van der Waals surface area contributed by atoms with E-state index in [1.807, 2.05) is 19.0 Å². The number of ether oxygens (including phenoxy) is 1. The van der Waals surface area contributed by atoms with E-state index in [1.165, 1.54) is 6.92 Å². The summed E-state index contributed by atoms with van der Waals surface area (Å²) in [5.74, 6) is 1.90. The number of esters is 1. The maximum atomic E-state index is 11.6. The molecule has 1 aliphatic rings. The Hall–Kier alpha value is -2.60. The van der Waals surface area contributed by atoms with Crippen LogP contribution in [0.15, 0.2) is 0 Å². The molecule has 0 bridgehead atoms. The highest BCUT2D eigenvalue weighted by Crippen LogP contribution is 2.13. The molecule has 0 aromatic heterocycles. The lowest BCUT2D eigenvalue weighted by Gasteiger charge is -2.12. The summed E-state index contributed by atoms with van der Waals surface area (Å²) in [5.41, 5.74) is 0. The fourth-order valence-corrected chi connectivity index (χ4v) is 1.57. The third kappa shape index (κ3) is 9.87. The summed E-state index contributed by atoms with van der Waals surface area (Å²) in [6.07, 6.45) is -0.0368.